The summed E-state index contributed by atoms with van der Waals surface area (Å²) in [5, 5.41) is 2.98. The second-order valence-electron chi connectivity index (χ2n) is 5.97. The fraction of sp³-hybridized carbons (Fsp3) is 0.562. The van der Waals surface area contributed by atoms with E-state index in [9.17, 15) is 13.2 Å². The Hall–Kier alpha value is -1.07. The molecule has 0 atom stereocenters. The lowest BCUT2D eigenvalue weighted by atomic mass is 10.0. The number of carbonyl (C=O) groups excluding carboxylic acids is 1. The molecule has 1 aliphatic rings. The maximum absolute atomic E-state index is 12.1. The van der Waals surface area contributed by atoms with Crippen LogP contribution in [-0.4, -0.2) is 27.1 Å². The molecule has 0 aliphatic heterocycles. The van der Waals surface area contributed by atoms with E-state index in [-0.39, 0.29) is 15.8 Å². The molecule has 0 spiro atoms. The molecule has 1 aromatic carbocycles. The first kappa shape index (κ1) is 17.3. The van der Waals surface area contributed by atoms with Crippen molar-refractivity contribution in [3.8, 4) is 0 Å². The van der Waals surface area contributed by atoms with Crippen LogP contribution in [-0.2, 0) is 9.84 Å². The minimum Gasteiger partial charge on any atom is -0.352 e. The summed E-state index contributed by atoms with van der Waals surface area (Å²) in [5.41, 5.74) is 0.325. The maximum atomic E-state index is 12.1. The zero-order chi connectivity index (χ0) is 16.2. The first-order valence-corrected chi connectivity index (χ1v) is 9.92. The number of amides is 1. The molecule has 2 rings (SSSR count). The topological polar surface area (TPSA) is 63.2 Å². The van der Waals surface area contributed by atoms with Gasteiger partial charge in [-0.05, 0) is 37.0 Å². The zero-order valence-electron chi connectivity index (χ0n) is 12.8. The minimum absolute atomic E-state index is 0.00669. The lowest BCUT2D eigenvalue weighted by Gasteiger charge is -2.10. The highest BCUT2D eigenvalue weighted by atomic mass is 35.5. The van der Waals surface area contributed by atoms with Crippen molar-refractivity contribution < 1.29 is 13.2 Å². The van der Waals surface area contributed by atoms with Crippen molar-refractivity contribution in [3.05, 3.63) is 28.8 Å². The third kappa shape index (κ3) is 4.71. The van der Waals surface area contributed by atoms with Crippen LogP contribution in [0.4, 0.5) is 0 Å². The maximum Gasteiger partial charge on any atom is 0.251 e. The molecule has 0 heterocycles. The fourth-order valence-electron chi connectivity index (χ4n) is 2.92. The number of halogens is 1. The Morgan fingerprint density at radius 2 is 2.00 bits per heavy atom. The third-order valence-corrected chi connectivity index (χ3v) is 5.72. The van der Waals surface area contributed by atoms with Gasteiger partial charge in [0, 0.05) is 18.4 Å². The molecule has 0 aromatic heterocycles. The molecule has 1 saturated carbocycles. The van der Waals surface area contributed by atoms with Gasteiger partial charge in [0.05, 0.1) is 9.92 Å². The Kier molecular flexibility index (Phi) is 5.87. The fourth-order valence-corrected chi connectivity index (χ4v) is 4.22. The first-order chi connectivity index (χ1) is 10.4. The van der Waals surface area contributed by atoms with Crippen molar-refractivity contribution in [3.63, 3.8) is 0 Å². The lowest BCUT2D eigenvalue weighted by Crippen LogP contribution is -2.25. The summed E-state index contributed by atoms with van der Waals surface area (Å²) in [6.45, 7) is 0.617. The number of nitrogens with one attached hydrogen (secondary N) is 1. The predicted octanol–water partition coefficient (Wildman–Crippen LogP) is 3.44. The molecular weight excluding hydrogens is 322 g/mol. The molecule has 1 aromatic rings. The molecule has 4 nitrogen and oxygen atoms in total. The van der Waals surface area contributed by atoms with Gasteiger partial charge in [0.2, 0.25) is 0 Å². The first-order valence-electron chi connectivity index (χ1n) is 7.66. The molecule has 22 heavy (non-hydrogen) atoms. The van der Waals surface area contributed by atoms with E-state index in [2.05, 4.69) is 5.32 Å². The highest BCUT2D eigenvalue weighted by Crippen LogP contribution is 2.28. The molecule has 122 valence electrons. The molecule has 1 N–H and O–H groups in total. The van der Waals surface area contributed by atoms with E-state index in [0.717, 1.165) is 25.0 Å². The van der Waals surface area contributed by atoms with Crippen LogP contribution in [0.3, 0.4) is 0 Å². The molecule has 6 heteroatoms. The number of rotatable bonds is 6. The second kappa shape index (κ2) is 7.47. The van der Waals surface area contributed by atoms with Crippen molar-refractivity contribution in [1.82, 2.24) is 5.32 Å². The van der Waals surface area contributed by atoms with Crippen LogP contribution in [0.15, 0.2) is 23.1 Å². The monoisotopic (exact) mass is 343 g/mol. The number of benzene rings is 1. The van der Waals surface area contributed by atoms with Crippen LogP contribution < -0.4 is 5.32 Å². The van der Waals surface area contributed by atoms with E-state index in [1.807, 2.05) is 0 Å². The lowest BCUT2D eigenvalue weighted by molar-refractivity contribution is 0.0952. The quantitative estimate of drug-likeness (QED) is 0.805. The van der Waals surface area contributed by atoms with Gasteiger partial charge in [-0.3, -0.25) is 4.79 Å². The van der Waals surface area contributed by atoms with Gasteiger partial charge in [-0.1, -0.05) is 37.3 Å². The van der Waals surface area contributed by atoms with E-state index in [1.54, 1.807) is 6.07 Å². The normalized spacial score (nSPS) is 15.9. The Balaban J connectivity index is 1.89. The largest absolute Gasteiger partial charge is 0.352 e. The molecule has 0 radical (unpaired) electrons. The summed E-state index contributed by atoms with van der Waals surface area (Å²) < 4.78 is 23.2. The van der Waals surface area contributed by atoms with Crippen molar-refractivity contribution in [2.75, 3.05) is 12.8 Å². The average molecular weight is 344 g/mol. The Labute approximate surface area is 137 Å². The van der Waals surface area contributed by atoms with Crippen molar-refractivity contribution in [1.29, 1.82) is 0 Å². The van der Waals surface area contributed by atoms with Crippen LogP contribution in [0, 0.1) is 5.92 Å². The van der Waals surface area contributed by atoms with Gasteiger partial charge in [0.1, 0.15) is 0 Å². The Bertz CT molecular complexity index is 637. The van der Waals surface area contributed by atoms with Gasteiger partial charge >= 0.3 is 0 Å². The number of carbonyl (C=O) groups is 1. The van der Waals surface area contributed by atoms with Crippen molar-refractivity contribution in [2.45, 2.75) is 43.4 Å². The second-order valence-corrected chi connectivity index (χ2v) is 8.36. The van der Waals surface area contributed by atoms with Crippen LogP contribution in [0.5, 0.6) is 0 Å². The van der Waals surface area contributed by atoms with Crippen molar-refractivity contribution >= 4 is 27.3 Å². The van der Waals surface area contributed by atoms with Gasteiger partial charge < -0.3 is 5.32 Å². The Morgan fingerprint density at radius 1 is 1.32 bits per heavy atom. The average Bonchev–Trinajstić information content (AvgIpc) is 2.95. The summed E-state index contributed by atoms with van der Waals surface area (Å²) in [5.74, 6) is 0.553. The van der Waals surface area contributed by atoms with E-state index < -0.39 is 9.84 Å². The van der Waals surface area contributed by atoms with Gasteiger partial charge in [-0.25, -0.2) is 8.42 Å². The molecule has 0 bridgehead atoms. The van der Waals surface area contributed by atoms with E-state index >= 15 is 0 Å². The third-order valence-electron chi connectivity index (χ3n) is 4.14. The number of sulfone groups is 1. The van der Waals surface area contributed by atoms with Gasteiger partial charge in [0.15, 0.2) is 9.84 Å². The van der Waals surface area contributed by atoms with Crippen molar-refractivity contribution in [2.24, 2.45) is 5.92 Å². The van der Waals surface area contributed by atoms with Gasteiger partial charge in [-0.15, -0.1) is 0 Å². The van der Waals surface area contributed by atoms with Crippen LogP contribution in [0.2, 0.25) is 5.02 Å². The van der Waals surface area contributed by atoms with Crippen LogP contribution in [0.25, 0.3) is 0 Å². The van der Waals surface area contributed by atoms with Gasteiger partial charge in [-0.2, -0.15) is 0 Å². The summed E-state index contributed by atoms with van der Waals surface area (Å²) in [4.78, 5) is 12.1. The molecule has 0 saturated heterocycles. The summed E-state index contributed by atoms with van der Waals surface area (Å²) >= 11 is 5.87. The summed E-state index contributed by atoms with van der Waals surface area (Å²) in [6, 6.07) is 4.33. The summed E-state index contributed by atoms with van der Waals surface area (Å²) in [6.07, 6.45) is 8.47. The smallest absolute Gasteiger partial charge is 0.251 e. The van der Waals surface area contributed by atoms with Crippen LogP contribution in [0.1, 0.15) is 48.9 Å². The highest BCUT2D eigenvalue weighted by molar-refractivity contribution is 7.90. The Morgan fingerprint density at radius 3 is 2.64 bits per heavy atom. The van der Waals surface area contributed by atoms with E-state index in [1.165, 1.54) is 37.8 Å². The standard InChI is InChI=1S/C16H22ClNO3S/c1-22(20,21)15-11-13(8-9-14(15)17)16(19)18-10-4-7-12-5-2-3-6-12/h8-9,11-12H,2-7,10H2,1H3,(H,18,19). The minimum atomic E-state index is -3.44. The molecule has 1 aliphatic carbocycles. The molecule has 1 amide bonds. The van der Waals surface area contributed by atoms with E-state index in [0.29, 0.717) is 12.1 Å². The SMILES string of the molecule is CS(=O)(=O)c1cc(C(=O)NCCCC2CCCC2)ccc1Cl. The molecular formula is C16H22ClNO3S. The predicted molar refractivity (Wildman–Crippen MR) is 88.1 cm³/mol. The zero-order valence-corrected chi connectivity index (χ0v) is 14.3. The van der Waals surface area contributed by atoms with Crippen LogP contribution >= 0.6 is 11.6 Å². The highest BCUT2D eigenvalue weighted by Gasteiger charge is 2.16. The summed E-state index contributed by atoms with van der Waals surface area (Å²) in [7, 11) is -3.44. The number of hydrogen-bond acceptors (Lipinski definition) is 3. The molecule has 1 fully saturated rings. The number of hydrogen-bond donors (Lipinski definition) is 1. The van der Waals surface area contributed by atoms with Gasteiger partial charge in [0.25, 0.3) is 5.91 Å². The van der Waals surface area contributed by atoms with E-state index in [4.69, 9.17) is 11.6 Å². The molecule has 0 unspecified atom stereocenters.